The summed E-state index contributed by atoms with van der Waals surface area (Å²) < 4.78 is 0. The van der Waals surface area contributed by atoms with Crippen molar-refractivity contribution in [3.8, 4) is 0 Å². The first-order valence-corrected chi connectivity index (χ1v) is 6.61. The fourth-order valence-corrected chi connectivity index (χ4v) is 2.10. The Morgan fingerprint density at radius 2 is 2.05 bits per heavy atom. The van der Waals surface area contributed by atoms with Crippen molar-refractivity contribution in [1.29, 1.82) is 0 Å². The zero-order chi connectivity index (χ0) is 15.6. The average Bonchev–Trinajstić information content (AvgIpc) is 2.39. The smallest absolute Gasteiger partial charge is 0.244 e. The molecule has 21 heavy (non-hydrogen) atoms. The highest BCUT2D eigenvalue weighted by Crippen LogP contribution is 2.22. The van der Waals surface area contributed by atoms with E-state index in [1.807, 2.05) is 0 Å². The summed E-state index contributed by atoms with van der Waals surface area (Å²) in [7, 11) is 1.55. The van der Waals surface area contributed by atoms with Crippen LogP contribution in [0.3, 0.4) is 0 Å². The molecule has 1 heterocycles. The van der Waals surface area contributed by atoms with E-state index >= 15 is 0 Å². The van der Waals surface area contributed by atoms with Gasteiger partial charge in [-0.15, -0.1) is 0 Å². The number of carbonyl (C=O) groups is 3. The molecule has 1 aromatic rings. The molecule has 1 saturated heterocycles. The SMILES string of the molecule is CN1CC(=O)N(CC(=O)Nc2ccc(Cl)cc2N)CC1=O. The van der Waals surface area contributed by atoms with Crippen LogP contribution in [0.25, 0.3) is 0 Å². The predicted octanol–water partition coefficient (Wildman–Crippen LogP) is 0.161. The number of halogens is 1. The maximum absolute atomic E-state index is 11.9. The molecule has 0 aromatic heterocycles. The third-order valence-corrected chi connectivity index (χ3v) is 3.33. The second-order valence-electron chi connectivity index (χ2n) is 4.78. The largest absolute Gasteiger partial charge is 0.397 e. The first-order chi connectivity index (χ1) is 9.86. The van der Waals surface area contributed by atoms with Crippen LogP contribution in [0.5, 0.6) is 0 Å². The highest BCUT2D eigenvalue weighted by Gasteiger charge is 2.28. The Kier molecular flexibility index (Phi) is 4.32. The molecule has 0 atom stereocenters. The molecule has 3 amide bonds. The summed E-state index contributed by atoms with van der Waals surface area (Å²) in [4.78, 5) is 37.8. The molecule has 7 nitrogen and oxygen atoms in total. The number of anilines is 2. The quantitative estimate of drug-likeness (QED) is 0.777. The molecule has 1 fully saturated rings. The van der Waals surface area contributed by atoms with Gasteiger partial charge in [0.05, 0.1) is 17.9 Å². The number of benzene rings is 1. The fraction of sp³-hybridized carbons (Fsp3) is 0.308. The number of piperazine rings is 1. The number of likely N-dealkylation sites (N-methyl/N-ethyl adjacent to an activating group) is 1. The van der Waals surface area contributed by atoms with Gasteiger partial charge in [-0.05, 0) is 18.2 Å². The van der Waals surface area contributed by atoms with Crippen molar-refractivity contribution in [2.75, 3.05) is 37.7 Å². The van der Waals surface area contributed by atoms with Crippen LogP contribution in [-0.4, -0.2) is 54.2 Å². The molecule has 0 unspecified atom stereocenters. The molecule has 1 aromatic carbocycles. The maximum atomic E-state index is 11.9. The molecule has 0 saturated carbocycles. The van der Waals surface area contributed by atoms with Crippen LogP contribution in [-0.2, 0) is 14.4 Å². The first-order valence-electron chi connectivity index (χ1n) is 6.23. The standard InChI is InChI=1S/C13H15ClN4O3/c1-17-6-13(21)18(7-12(17)20)5-11(19)16-10-3-2-8(14)4-9(10)15/h2-4H,5-7,15H2,1H3,(H,16,19). The molecule has 0 spiro atoms. The summed E-state index contributed by atoms with van der Waals surface area (Å²) in [5.74, 6) is -0.889. The molecule has 2 rings (SSSR count). The lowest BCUT2D eigenvalue weighted by Crippen LogP contribution is -2.54. The minimum Gasteiger partial charge on any atom is -0.397 e. The zero-order valence-corrected chi connectivity index (χ0v) is 12.2. The number of nitrogens with two attached hydrogens (primary N) is 1. The van der Waals surface area contributed by atoms with E-state index < -0.39 is 5.91 Å². The monoisotopic (exact) mass is 310 g/mol. The van der Waals surface area contributed by atoms with Crippen LogP contribution in [0.4, 0.5) is 11.4 Å². The van der Waals surface area contributed by atoms with Gasteiger partial charge in [-0.25, -0.2) is 0 Å². The van der Waals surface area contributed by atoms with Crippen LogP contribution in [0.1, 0.15) is 0 Å². The van der Waals surface area contributed by atoms with Gasteiger partial charge >= 0.3 is 0 Å². The van der Waals surface area contributed by atoms with E-state index in [2.05, 4.69) is 5.32 Å². The van der Waals surface area contributed by atoms with Gasteiger partial charge in [0.25, 0.3) is 0 Å². The summed E-state index contributed by atoms with van der Waals surface area (Å²) in [6.07, 6.45) is 0. The number of nitrogens with one attached hydrogen (secondary N) is 1. The Labute approximate surface area is 126 Å². The van der Waals surface area contributed by atoms with Crippen molar-refractivity contribution in [2.24, 2.45) is 0 Å². The lowest BCUT2D eigenvalue weighted by Gasteiger charge is -2.31. The van der Waals surface area contributed by atoms with E-state index in [0.717, 1.165) is 0 Å². The van der Waals surface area contributed by atoms with Gasteiger partial charge in [0.1, 0.15) is 13.1 Å². The van der Waals surface area contributed by atoms with Gasteiger partial charge < -0.3 is 20.9 Å². The van der Waals surface area contributed by atoms with Gasteiger partial charge in [-0.2, -0.15) is 0 Å². The molecule has 0 aliphatic carbocycles. The van der Waals surface area contributed by atoms with Crippen LogP contribution in [0.2, 0.25) is 5.02 Å². The van der Waals surface area contributed by atoms with Crippen LogP contribution in [0, 0.1) is 0 Å². The molecule has 1 aliphatic rings. The minimum atomic E-state index is -0.422. The third kappa shape index (κ3) is 3.63. The Morgan fingerprint density at radius 3 is 2.71 bits per heavy atom. The number of hydrogen-bond donors (Lipinski definition) is 2. The molecular formula is C13H15ClN4O3. The molecule has 3 N–H and O–H groups in total. The van der Waals surface area contributed by atoms with E-state index in [9.17, 15) is 14.4 Å². The number of hydrogen-bond acceptors (Lipinski definition) is 4. The summed E-state index contributed by atoms with van der Waals surface area (Å²) in [6.45, 7) is -0.311. The van der Waals surface area contributed by atoms with Crippen molar-refractivity contribution in [2.45, 2.75) is 0 Å². The van der Waals surface area contributed by atoms with Crippen molar-refractivity contribution in [1.82, 2.24) is 9.80 Å². The molecule has 0 radical (unpaired) electrons. The predicted molar refractivity (Wildman–Crippen MR) is 78.7 cm³/mol. The second kappa shape index (κ2) is 6.01. The van der Waals surface area contributed by atoms with Crippen molar-refractivity contribution in [3.05, 3.63) is 23.2 Å². The Morgan fingerprint density at radius 1 is 1.33 bits per heavy atom. The molecule has 112 valence electrons. The van der Waals surface area contributed by atoms with Crippen molar-refractivity contribution in [3.63, 3.8) is 0 Å². The number of nitrogen functional groups attached to an aromatic ring is 1. The molecular weight excluding hydrogens is 296 g/mol. The summed E-state index contributed by atoms with van der Waals surface area (Å²) >= 11 is 5.77. The summed E-state index contributed by atoms with van der Waals surface area (Å²) in [5.41, 5.74) is 6.47. The third-order valence-electron chi connectivity index (χ3n) is 3.10. The van der Waals surface area contributed by atoms with E-state index in [1.165, 1.54) is 15.9 Å². The number of amides is 3. The number of nitrogens with zero attached hydrogens (tertiary/aromatic N) is 2. The van der Waals surface area contributed by atoms with Crippen LogP contribution < -0.4 is 11.1 Å². The Balaban J connectivity index is 1.98. The molecule has 1 aliphatic heterocycles. The number of rotatable bonds is 3. The summed E-state index contributed by atoms with van der Waals surface area (Å²) in [6, 6.07) is 4.69. The normalized spacial score (nSPS) is 15.3. The van der Waals surface area contributed by atoms with Gasteiger partial charge in [0.15, 0.2) is 0 Å². The first kappa shape index (κ1) is 15.1. The fourth-order valence-electron chi connectivity index (χ4n) is 1.92. The Hall–Kier alpha value is -2.28. The maximum Gasteiger partial charge on any atom is 0.244 e. The highest BCUT2D eigenvalue weighted by atomic mass is 35.5. The average molecular weight is 311 g/mol. The topological polar surface area (TPSA) is 95.7 Å². The van der Waals surface area contributed by atoms with Gasteiger partial charge in [-0.3, -0.25) is 14.4 Å². The number of carbonyl (C=O) groups excluding carboxylic acids is 3. The lowest BCUT2D eigenvalue weighted by molar-refractivity contribution is -0.149. The van der Waals surface area contributed by atoms with Crippen molar-refractivity contribution >= 4 is 40.7 Å². The van der Waals surface area contributed by atoms with Gasteiger partial charge in [0, 0.05) is 12.1 Å². The van der Waals surface area contributed by atoms with Gasteiger partial charge in [0.2, 0.25) is 17.7 Å². The zero-order valence-electron chi connectivity index (χ0n) is 11.4. The summed E-state index contributed by atoms with van der Waals surface area (Å²) in [5, 5.41) is 3.05. The second-order valence-corrected chi connectivity index (χ2v) is 5.22. The van der Waals surface area contributed by atoms with Gasteiger partial charge in [-0.1, -0.05) is 11.6 Å². The van der Waals surface area contributed by atoms with Crippen LogP contribution >= 0.6 is 11.6 Å². The van der Waals surface area contributed by atoms with E-state index in [-0.39, 0.29) is 31.4 Å². The highest BCUT2D eigenvalue weighted by molar-refractivity contribution is 6.31. The molecule has 0 bridgehead atoms. The van der Waals surface area contributed by atoms with E-state index in [1.54, 1.807) is 19.2 Å². The van der Waals surface area contributed by atoms with Crippen molar-refractivity contribution < 1.29 is 14.4 Å². The lowest BCUT2D eigenvalue weighted by atomic mass is 10.2. The van der Waals surface area contributed by atoms with E-state index in [4.69, 9.17) is 17.3 Å². The van der Waals surface area contributed by atoms with Crippen LogP contribution in [0.15, 0.2) is 18.2 Å². The molecule has 8 heteroatoms. The Bertz CT molecular complexity index is 605. The minimum absolute atomic E-state index is 0.0187. The van der Waals surface area contributed by atoms with E-state index in [0.29, 0.717) is 16.4 Å².